The summed E-state index contributed by atoms with van der Waals surface area (Å²) < 4.78 is 0. The van der Waals surface area contributed by atoms with Crippen LogP contribution >= 0.6 is 12.6 Å². The molecular formula is C35H58N14O9S. The Bertz CT molecular complexity index is 1610. The third-order valence-electron chi connectivity index (χ3n) is 9.02. The van der Waals surface area contributed by atoms with E-state index in [1.165, 1.54) is 12.1 Å². The van der Waals surface area contributed by atoms with Crippen LogP contribution in [0.2, 0.25) is 0 Å². The van der Waals surface area contributed by atoms with E-state index in [-0.39, 0.29) is 88.0 Å². The van der Waals surface area contributed by atoms with E-state index in [4.69, 9.17) is 28.0 Å². The Morgan fingerprint density at radius 2 is 1.15 bits per heavy atom. The smallest absolute Gasteiger partial charge is 0.326 e. The van der Waals surface area contributed by atoms with Crippen LogP contribution < -0.4 is 65.1 Å². The number of phenolic OH excluding ortho intramolecular Hbond substituents is 1. The van der Waals surface area contributed by atoms with Gasteiger partial charge in [0.15, 0.2) is 11.9 Å². The summed E-state index contributed by atoms with van der Waals surface area (Å²) in [6.45, 7) is 0.950. The zero-order valence-electron chi connectivity index (χ0n) is 32.6. The van der Waals surface area contributed by atoms with Crippen molar-refractivity contribution in [3.8, 4) is 5.75 Å². The summed E-state index contributed by atoms with van der Waals surface area (Å²) >= 11 is 4.16. The number of benzene rings is 1. The van der Waals surface area contributed by atoms with Crippen LogP contribution in [0.1, 0.15) is 56.9 Å². The monoisotopic (exact) mass is 850 g/mol. The number of aliphatic carboxylic acids is 1. The van der Waals surface area contributed by atoms with Gasteiger partial charge in [-0.1, -0.05) is 12.1 Å². The lowest BCUT2D eigenvalue weighted by Gasteiger charge is -2.27. The number of hydrogen-bond donors (Lipinski definition) is 17. The van der Waals surface area contributed by atoms with Crippen molar-refractivity contribution in [1.82, 2.24) is 47.9 Å². The van der Waals surface area contributed by atoms with E-state index < -0.39 is 77.8 Å². The summed E-state index contributed by atoms with van der Waals surface area (Å²) in [7, 11) is 0. The number of phenols is 1. The number of carboxylic acids is 1. The zero-order valence-corrected chi connectivity index (χ0v) is 33.5. The number of urea groups is 1. The summed E-state index contributed by atoms with van der Waals surface area (Å²) in [6.07, 6.45) is 1.70. The molecule has 1 aliphatic rings. The van der Waals surface area contributed by atoms with Crippen LogP contribution in [-0.2, 0) is 35.2 Å². The predicted octanol–water partition coefficient (Wildman–Crippen LogP) is -3.90. The molecule has 0 radical (unpaired) electrons. The second-order valence-electron chi connectivity index (χ2n) is 13.7. The van der Waals surface area contributed by atoms with E-state index in [1.807, 2.05) is 0 Å². The molecule has 1 aromatic rings. The van der Waals surface area contributed by atoms with Gasteiger partial charge in [0.05, 0.1) is 6.04 Å². The van der Waals surface area contributed by atoms with Gasteiger partial charge in [0.1, 0.15) is 36.0 Å². The fourth-order valence-corrected chi connectivity index (χ4v) is 6.17. The van der Waals surface area contributed by atoms with E-state index in [2.05, 4.69) is 60.5 Å². The molecule has 328 valence electrons. The number of primary amides is 1. The zero-order chi connectivity index (χ0) is 43.9. The van der Waals surface area contributed by atoms with Crippen molar-refractivity contribution in [3.63, 3.8) is 0 Å². The highest BCUT2D eigenvalue weighted by molar-refractivity contribution is 7.80. The van der Waals surface area contributed by atoms with Gasteiger partial charge in [-0.05, 0) is 75.6 Å². The minimum Gasteiger partial charge on any atom is -0.508 e. The Labute approximate surface area is 346 Å². The Morgan fingerprint density at radius 1 is 0.695 bits per heavy atom. The van der Waals surface area contributed by atoms with E-state index in [9.17, 15) is 43.8 Å². The first kappa shape index (κ1) is 49.1. The van der Waals surface area contributed by atoms with Gasteiger partial charge in [0.25, 0.3) is 0 Å². The number of guanidine groups is 2. The van der Waals surface area contributed by atoms with Crippen LogP contribution in [0, 0.1) is 10.8 Å². The highest BCUT2D eigenvalue weighted by Gasteiger charge is 2.33. The Morgan fingerprint density at radius 3 is 1.61 bits per heavy atom. The fraction of sp³-hybridized carbons (Fsp3) is 0.571. The SMILES string of the molecule is N=C(N)NCCC[C@H](NC(=O)[C@H](CS)NC(=O)[C@H](CCCNC(N)=O)NC(=O)[C@H](CCCNC(=N)N)NC(=O)[C@H](Cc1ccc(O)cc1)NC(=O)[C@@H]1CCCN1)C(=O)O. The average molecular weight is 851 g/mol. The number of carbonyl (C=O) groups is 7. The van der Waals surface area contributed by atoms with E-state index >= 15 is 0 Å². The standard InChI is InChI=1S/C35H58N14O9S/c36-33(37)42-14-2-6-22(46-30(54)25(17-19-9-11-20(50)12-10-19)48-27(51)21-5-1-13-41-21)28(52)45-23(7-3-16-44-35(40)58)29(53)49-26(18-59)31(55)47-24(32(56)57)8-4-15-43-34(38)39/h9-12,21-26,41,50,59H,1-8,13-18H2,(H,45,52)(H,46,54)(H,47,55)(H,48,51)(H,49,53)(H,56,57)(H4,36,37,42)(H4,38,39,43)(H3,40,44,58)/t21-,22-,23-,24-,25-,26-/m0/s1. The number of nitrogens with two attached hydrogens (primary N) is 3. The van der Waals surface area contributed by atoms with Crippen LogP contribution in [0.5, 0.6) is 5.75 Å². The summed E-state index contributed by atoms with van der Waals surface area (Å²) in [5.74, 6) is -5.97. The quantitative estimate of drug-likeness (QED) is 0.0183. The molecule has 0 unspecified atom stereocenters. The molecule has 1 aliphatic heterocycles. The van der Waals surface area contributed by atoms with E-state index in [0.29, 0.717) is 18.5 Å². The van der Waals surface area contributed by atoms with Crippen molar-refractivity contribution >= 4 is 66.1 Å². The maximum Gasteiger partial charge on any atom is 0.326 e. The number of amides is 7. The van der Waals surface area contributed by atoms with Crippen LogP contribution in [0.3, 0.4) is 0 Å². The van der Waals surface area contributed by atoms with Crippen LogP contribution in [0.15, 0.2) is 24.3 Å². The number of carbonyl (C=O) groups excluding carboxylic acids is 6. The van der Waals surface area contributed by atoms with Crippen molar-refractivity contribution in [3.05, 3.63) is 29.8 Å². The van der Waals surface area contributed by atoms with Gasteiger partial charge in [0, 0.05) is 31.8 Å². The average Bonchev–Trinajstić information content (AvgIpc) is 3.73. The van der Waals surface area contributed by atoms with Crippen LogP contribution in [-0.4, -0.2) is 132 Å². The summed E-state index contributed by atoms with van der Waals surface area (Å²) in [5, 5.41) is 57.6. The molecule has 1 aromatic carbocycles. The molecule has 1 fully saturated rings. The molecule has 59 heavy (non-hydrogen) atoms. The molecule has 0 bridgehead atoms. The molecule has 2 rings (SSSR count). The fourth-order valence-electron chi connectivity index (χ4n) is 5.91. The Hall–Kier alpha value is -6.04. The molecule has 1 saturated heterocycles. The highest BCUT2D eigenvalue weighted by Crippen LogP contribution is 2.13. The van der Waals surface area contributed by atoms with Gasteiger partial charge in [0.2, 0.25) is 29.5 Å². The second-order valence-corrected chi connectivity index (χ2v) is 14.1. The predicted molar refractivity (Wildman–Crippen MR) is 219 cm³/mol. The van der Waals surface area contributed by atoms with Gasteiger partial charge in [-0.25, -0.2) is 9.59 Å². The first-order valence-electron chi connectivity index (χ1n) is 19.1. The maximum atomic E-state index is 14.0. The Kier molecular flexibility index (Phi) is 21.7. The molecule has 0 spiro atoms. The molecule has 6 atom stereocenters. The van der Waals surface area contributed by atoms with Gasteiger partial charge >= 0.3 is 12.0 Å². The number of carboxylic acid groups (broad SMARTS) is 1. The lowest BCUT2D eigenvalue weighted by molar-refractivity contribution is -0.142. The largest absolute Gasteiger partial charge is 0.508 e. The Balaban J connectivity index is 2.32. The van der Waals surface area contributed by atoms with E-state index in [0.717, 1.165) is 6.42 Å². The minimum absolute atomic E-state index is 0.00476. The number of aromatic hydroxyl groups is 1. The van der Waals surface area contributed by atoms with Gasteiger partial charge < -0.3 is 75.3 Å². The van der Waals surface area contributed by atoms with Crippen molar-refractivity contribution in [2.24, 2.45) is 17.2 Å². The molecule has 0 aromatic heterocycles. The molecular weight excluding hydrogens is 793 g/mol. The third kappa shape index (κ3) is 19.3. The second kappa shape index (κ2) is 26.1. The maximum absolute atomic E-state index is 14.0. The lowest BCUT2D eigenvalue weighted by atomic mass is 10.0. The normalized spacial score (nSPS) is 15.8. The lowest BCUT2D eigenvalue weighted by Crippen LogP contribution is -2.59. The van der Waals surface area contributed by atoms with Gasteiger partial charge in [-0.15, -0.1) is 0 Å². The minimum atomic E-state index is -1.36. The summed E-state index contributed by atoms with van der Waals surface area (Å²) in [4.78, 5) is 91.1. The number of thiol groups is 1. The molecule has 23 nitrogen and oxygen atoms in total. The molecule has 7 amide bonds. The third-order valence-corrected chi connectivity index (χ3v) is 9.39. The van der Waals surface area contributed by atoms with Crippen LogP contribution in [0.4, 0.5) is 4.79 Å². The van der Waals surface area contributed by atoms with Crippen molar-refractivity contribution < 1.29 is 43.8 Å². The summed E-state index contributed by atoms with van der Waals surface area (Å²) in [5.41, 5.74) is 16.4. The summed E-state index contributed by atoms with van der Waals surface area (Å²) in [6, 6.07) is -1.91. The number of rotatable bonds is 26. The number of hydrogen-bond acceptors (Lipinski definition) is 12. The molecule has 0 saturated carbocycles. The molecule has 19 N–H and O–H groups in total. The van der Waals surface area contributed by atoms with Crippen LogP contribution in [0.25, 0.3) is 0 Å². The van der Waals surface area contributed by atoms with Crippen molar-refractivity contribution in [2.75, 3.05) is 31.9 Å². The van der Waals surface area contributed by atoms with Gasteiger partial charge in [-0.3, -0.25) is 34.8 Å². The highest BCUT2D eigenvalue weighted by atomic mass is 32.1. The van der Waals surface area contributed by atoms with Crippen molar-refractivity contribution in [2.45, 2.75) is 94.0 Å². The molecule has 0 aliphatic carbocycles. The first-order valence-corrected chi connectivity index (χ1v) is 19.7. The van der Waals surface area contributed by atoms with Gasteiger partial charge in [-0.2, -0.15) is 12.6 Å². The topological polar surface area (TPSA) is 394 Å². The first-order chi connectivity index (χ1) is 28.0. The van der Waals surface area contributed by atoms with E-state index in [1.54, 1.807) is 12.1 Å². The molecule has 1 heterocycles. The number of nitrogens with one attached hydrogen (secondary N) is 11. The van der Waals surface area contributed by atoms with Crippen molar-refractivity contribution in [1.29, 1.82) is 10.8 Å². The molecule has 24 heteroatoms.